The third-order valence-corrected chi connectivity index (χ3v) is 2.96. The van der Waals surface area contributed by atoms with E-state index >= 15 is 0 Å². The molecule has 0 saturated heterocycles. The Balaban J connectivity index is 2.14. The zero-order valence-electron chi connectivity index (χ0n) is 10.3. The highest BCUT2D eigenvalue weighted by Crippen LogP contribution is 2.17. The first kappa shape index (κ1) is 14.4. The van der Waals surface area contributed by atoms with E-state index in [1.165, 1.54) is 11.3 Å². The van der Waals surface area contributed by atoms with Crippen molar-refractivity contribution in [2.24, 2.45) is 0 Å². The minimum Gasteiger partial charge on any atom is -0.351 e. The Kier molecular flexibility index (Phi) is 5.36. The van der Waals surface area contributed by atoms with E-state index in [1.807, 2.05) is 20.8 Å². The van der Waals surface area contributed by atoms with Gasteiger partial charge in [0.25, 0.3) is 0 Å². The van der Waals surface area contributed by atoms with Crippen molar-refractivity contribution in [3.63, 3.8) is 0 Å². The fraction of sp³-hybridized carbons (Fsp3) is 0.636. The summed E-state index contributed by atoms with van der Waals surface area (Å²) in [6.45, 7) is 7.20. The number of rotatable bonds is 5. The Bertz CT molecular complexity index is 373. The Hall–Kier alpha value is -0.650. The lowest BCUT2D eigenvalue weighted by Gasteiger charge is -2.20. The van der Waals surface area contributed by atoms with Crippen LogP contribution >= 0.6 is 22.9 Å². The van der Waals surface area contributed by atoms with Gasteiger partial charge in [0.05, 0.1) is 6.20 Å². The molecule has 0 fully saturated rings. The molecule has 0 saturated carbocycles. The third kappa shape index (κ3) is 6.61. The maximum Gasteiger partial charge on any atom is 0.221 e. The zero-order valence-corrected chi connectivity index (χ0v) is 11.9. The van der Waals surface area contributed by atoms with Gasteiger partial charge in [-0.2, -0.15) is 0 Å². The van der Waals surface area contributed by atoms with Crippen LogP contribution in [0.15, 0.2) is 6.20 Å². The van der Waals surface area contributed by atoms with E-state index in [0.717, 1.165) is 5.01 Å². The molecule has 4 nitrogen and oxygen atoms in total. The smallest absolute Gasteiger partial charge is 0.221 e. The van der Waals surface area contributed by atoms with Crippen molar-refractivity contribution in [3.05, 3.63) is 15.5 Å². The lowest BCUT2D eigenvalue weighted by atomic mass is 10.1. The van der Waals surface area contributed by atoms with E-state index in [9.17, 15) is 4.79 Å². The summed E-state index contributed by atoms with van der Waals surface area (Å²) >= 11 is 7.21. The molecule has 17 heavy (non-hydrogen) atoms. The predicted octanol–water partition coefficient (Wildman–Crippen LogP) is 2.19. The molecule has 0 aliphatic rings. The Morgan fingerprint density at radius 3 is 2.76 bits per heavy atom. The summed E-state index contributed by atoms with van der Waals surface area (Å²) in [5.74, 6) is 0.0576. The quantitative estimate of drug-likeness (QED) is 0.810. The molecule has 0 radical (unpaired) electrons. The summed E-state index contributed by atoms with van der Waals surface area (Å²) in [4.78, 5) is 15.6. The second-order valence-corrected chi connectivity index (χ2v) is 6.53. The number of hydrogen-bond acceptors (Lipinski definition) is 4. The molecule has 0 atom stereocenters. The largest absolute Gasteiger partial charge is 0.351 e. The number of nitrogens with one attached hydrogen (secondary N) is 2. The van der Waals surface area contributed by atoms with Gasteiger partial charge in [0.15, 0.2) is 0 Å². The lowest BCUT2D eigenvalue weighted by molar-refractivity contribution is -0.122. The Morgan fingerprint density at radius 1 is 1.53 bits per heavy atom. The van der Waals surface area contributed by atoms with Crippen LogP contribution < -0.4 is 10.6 Å². The summed E-state index contributed by atoms with van der Waals surface area (Å²) in [5, 5.41) is 7.01. The number of aromatic nitrogens is 1. The number of thiazole rings is 1. The van der Waals surface area contributed by atoms with Crippen molar-refractivity contribution < 1.29 is 4.79 Å². The van der Waals surface area contributed by atoms with Crippen LogP contribution in [0, 0.1) is 0 Å². The van der Waals surface area contributed by atoms with Gasteiger partial charge in [-0.25, -0.2) is 4.98 Å². The standard InChI is InChI=1S/C11H18ClN3OS/c1-11(2,3)15-9(16)4-5-13-7-10-14-6-8(12)17-10/h6,13H,4-5,7H2,1-3H3,(H,15,16). The highest BCUT2D eigenvalue weighted by molar-refractivity contribution is 7.15. The van der Waals surface area contributed by atoms with Crippen LogP contribution in [0.4, 0.5) is 0 Å². The van der Waals surface area contributed by atoms with Crippen LogP contribution in [-0.2, 0) is 11.3 Å². The monoisotopic (exact) mass is 275 g/mol. The summed E-state index contributed by atoms with van der Waals surface area (Å²) in [5.41, 5.74) is -0.167. The highest BCUT2D eigenvalue weighted by atomic mass is 35.5. The molecule has 0 aliphatic heterocycles. The van der Waals surface area contributed by atoms with Crippen LogP contribution in [-0.4, -0.2) is 23.0 Å². The summed E-state index contributed by atoms with van der Waals surface area (Å²) in [7, 11) is 0. The molecule has 0 unspecified atom stereocenters. The Morgan fingerprint density at radius 2 is 2.24 bits per heavy atom. The molecular formula is C11H18ClN3OS. The summed E-state index contributed by atoms with van der Waals surface area (Å²) in [6, 6.07) is 0. The molecule has 6 heteroatoms. The van der Waals surface area contributed by atoms with Gasteiger partial charge < -0.3 is 10.6 Å². The molecule has 1 heterocycles. The number of carbonyl (C=O) groups is 1. The number of nitrogens with zero attached hydrogens (tertiary/aromatic N) is 1. The van der Waals surface area contributed by atoms with Gasteiger partial charge >= 0.3 is 0 Å². The Labute approximate surface area is 111 Å². The summed E-state index contributed by atoms with van der Waals surface area (Å²) < 4.78 is 0.687. The molecule has 0 spiro atoms. The molecule has 0 bridgehead atoms. The van der Waals surface area contributed by atoms with E-state index in [2.05, 4.69) is 15.6 Å². The van der Waals surface area contributed by atoms with Gasteiger partial charge in [0.1, 0.15) is 9.34 Å². The molecule has 0 aromatic carbocycles. The van der Waals surface area contributed by atoms with Crippen molar-refractivity contribution in [2.75, 3.05) is 6.54 Å². The second-order valence-electron chi connectivity index (χ2n) is 4.78. The van der Waals surface area contributed by atoms with E-state index in [4.69, 9.17) is 11.6 Å². The first-order valence-electron chi connectivity index (χ1n) is 5.49. The van der Waals surface area contributed by atoms with Crippen LogP contribution in [0.1, 0.15) is 32.2 Å². The average Bonchev–Trinajstić information content (AvgIpc) is 2.56. The van der Waals surface area contributed by atoms with E-state index in [1.54, 1.807) is 6.20 Å². The first-order valence-corrected chi connectivity index (χ1v) is 6.68. The number of amides is 1. The fourth-order valence-electron chi connectivity index (χ4n) is 1.25. The molecule has 1 amide bonds. The van der Waals surface area contributed by atoms with Crippen LogP contribution in [0.25, 0.3) is 0 Å². The van der Waals surface area contributed by atoms with Crippen molar-refractivity contribution in [1.82, 2.24) is 15.6 Å². The minimum absolute atomic E-state index is 0.0576. The highest BCUT2D eigenvalue weighted by Gasteiger charge is 2.12. The minimum atomic E-state index is -0.167. The molecule has 2 N–H and O–H groups in total. The summed E-state index contributed by atoms with van der Waals surface area (Å²) in [6.07, 6.45) is 2.10. The van der Waals surface area contributed by atoms with Gasteiger partial charge in [0, 0.05) is 25.0 Å². The molecule has 96 valence electrons. The maximum absolute atomic E-state index is 11.5. The normalized spacial score (nSPS) is 11.5. The number of carbonyl (C=O) groups excluding carboxylic acids is 1. The van der Waals surface area contributed by atoms with Gasteiger partial charge in [-0.15, -0.1) is 11.3 Å². The predicted molar refractivity (Wildman–Crippen MR) is 71.3 cm³/mol. The van der Waals surface area contributed by atoms with Crippen LogP contribution in [0.3, 0.4) is 0 Å². The molecule has 1 aromatic heterocycles. The maximum atomic E-state index is 11.5. The molecular weight excluding hydrogens is 258 g/mol. The second kappa shape index (κ2) is 6.33. The first-order chi connectivity index (χ1) is 7.87. The lowest BCUT2D eigenvalue weighted by Crippen LogP contribution is -2.41. The van der Waals surface area contributed by atoms with E-state index < -0.39 is 0 Å². The topological polar surface area (TPSA) is 54.0 Å². The zero-order chi connectivity index (χ0) is 12.9. The molecule has 1 aromatic rings. The van der Waals surface area contributed by atoms with Gasteiger partial charge in [-0.3, -0.25) is 4.79 Å². The molecule has 1 rings (SSSR count). The third-order valence-electron chi connectivity index (χ3n) is 1.84. The van der Waals surface area contributed by atoms with Crippen LogP contribution in [0.2, 0.25) is 4.34 Å². The van der Waals surface area contributed by atoms with Crippen molar-refractivity contribution in [3.8, 4) is 0 Å². The number of hydrogen-bond donors (Lipinski definition) is 2. The van der Waals surface area contributed by atoms with Crippen LogP contribution in [0.5, 0.6) is 0 Å². The van der Waals surface area contributed by atoms with Gasteiger partial charge in [0.2, 0.25) is 5.91 Å². The number of halogens is 1. The van der Waals surface area contributed by atoms with E-state index in [0.29, 0.717) is 23.8 Å². The van der Waals surface area contributed by atoms with Crippen molar-refractivity contribution in [2.45, 2.75) is 39.3 Å². The fourth-order valence-corrected chi connectivity index (χ4v) is 2.17. The van der Waals surface area contributed by atoms with Crippen molar-refractivity contribution >= 4 is 28.8 Å². The van der Waals surface area contributed by atoms with Gasteiger partial charge in [-0.1, -0.05) is 11.6 Å². The van der Waals surface area contributed by atoms with Crippen molar-refractivity contribution in [1.29, 1.82) is 0 Å². The molecule has 0 aliphatic carbocycles. The average molecular weight is 276 g/mol. The van der Waals surface area contributed by atoms with Gasteiger partial charge in [-0.05, 0) is 20.8 Å². The SMILES string of the molecule is CC(C)(C)NC(=O)CCNCc1ncc(Cl)s1. The van der Waals surface area contributed by atoms with E-state index in [-0.39, 0.29) is 11.4 Å².